The topological polar surface area (TPSA) is 50.4 Å². The van der Waals surface area contributed by atoms with Crippen LogP contribution in [0.25, 0.3) is 0 Å². The fourth-order valence-electron chi connectivity index (χ4n) is 3.55. The number of ether oxygens (including phenoxy) is 1. The highest BCUT2D eigenvalue weighted by Gasteiger charge is 2.57. The standard InChI is InChI=1S/C18H23F3N2O2.ClH/c19-18(20,21)12-25-11-14-3-1-13(2-4-14)10-23-16(24)15-9-17(15)5-7-22-8-6-17;/h1-4,15,22H,5-12H2,(H,23,24);1H. The van der Waals surface area contributed by atoms with E-state index in [4.69, 9.17) is 0 Å². The van der Waals surface area contributed by atoms with Gasteiger partial charge < -0.3 is 15.4 Å². The van der Waals surface area contributed by atoms with E-state index in [0.29, 0.717) is 12.1 Å². The second-order valence-corrected chi connectivity index (χ2v) is 7.01. The summed E-state index contributed by atoms with van der Waals surface area (Å²) in [5.41, 5.74) is 1.82. The number of benzene rings is 1. The Morgan fingerprint density at radius 1 is 1.19 bits per heavy atom. The van der Waals surface area contributed by atoms with Crippen LogP contribution in [-0.2, 0) is 22.7 Å². The fraction of sp³-hybridized carbons (Fsp3) is 0.611. The molecule has 146 valence electrons. The molecule has 1 heterocycles. The van der Waals surface area contributed by atoms with Crippen LogP contribution in [0.3, 0.4) is 0 Å². The van der Waals surface area contributed by atoms with Crippen LogP contribution < -0.4 is 10.6 Å². The Balaban J connectivity index is 0.00000243. The van der Waals surface area contributed by atoms with Crippen molar-refractivity contribution < 1.29 is 22.7 Å². The molecule has 8 heteroatoms. The summed E-state index contributed by atoms with van der Waals surface area (Å²) in [4.78, 5) is 12.3. The first-order valence-electron chi connectivity index (χ1n) is 8.59. The second-order valence-electron chi connectivity index (χ2n) is 7.01. The summed E-state index contributed by atoms with van der Waals surface area (Å²) in [7, 11) is 0. The minimum Gasteiger partial charge on any atom is -0.367 e. The summed E-state index contributed by atoms with van der Waals surface area (Å²) in [6.45, 7) is 1.09. The van der Waals surface area contributed by atoms with Crippen molar-refractivity contribution in [1.82, 2.24) is 10.6 Å². The number of rotatable bonds is 6. The maximum atomic E-state index is 12.3. The van der Waals surface area contributed by atoms with Crippen molar-refractivity contribution in [2.24, 2.45) is 11.3 Å². The molecule has 3 rings (SSSR count). The number of halogens is 4. The maximum absolute atomic E-state index is 12.3. The van der Waals surface area contributed by atoms with Gasteiger partial charge in [0.05, 0.1) is 6.61 Å². The van der Waals surface area contributed by atoms with E-state index >= 15 is 0 Å². The van der Waals surface area contributed by atoms with E-state index in [-0.39, 0.29) is 36.3 Å². The molecule has 1 spiro atoms. The van der Waals surface area contributed by atoms with Crippen molar-refractivity contribution in [3.05, 3.63) is 35.4 Å². The molecule has 0 radical (unpaired) electrons. The lowest BCUT2D eigenvalue weighted by molar-refractivity contribution is -0.176. The molecule has 4 nitrogen and oxygen atoms in total. The molecule has 1 unspecified atom stereocenters. The zero-order valence-electron chi connectivity index (χ0n) is 14.4. The fourth-order valence-corrected chi connectivity index (χ4v) is 3.55. The molecule has 1 aliphatic carbocycles. The van der Waals surface area contributed by atoms with Gasteiger partial charge in [-0.1, -0.05) is 24.3 Å². The Kier molecular flexibility index (Phi) is 6.93. The molecular weight excluding hydrogens is 369 g/mol. The second kappa shape index (κ2) is 8.59. The van der Waals surface area contributed by atoms with Crippen LogP contribution in [-0.4, -0.2) is 31.8 Å². The maximum Gasteiger partial charge on any atom is 0.411 e. The summed E-state index contributed by atoms with van der Waals surface area (Å²) >= 11 is 0. The van der Waals surface area contributed by atoms with Crippen molar-refractivity contribution in [2.45, 2.75) is 38.6 Å². The lowest BCUT2D eigenvalue weighted by atomic mass is 9.92. The van der Waals surface area contributed by atoms with Gasteiger partial charge in [-0.15, -0.1) is 12.4 Å². The van der Waals surface area contributed by atoms with E-state index < -0.39 is 12.8 Å². The SMILES string of the molecule is Cl.O=C(NCc1ccc(COCC(F)(F)F)cc1)C1CC12CCNCC2. The van der Waals surface area contributed by atoms with E-state index in [9.17, 15) is 18.0 Å². The number of piperidine rings is 1. The van der Waals surface area contributed by atoms with Crippen molar-refractivity contribution >= 4 is 18.3 Å². The number of nitrogens with one attached hydrogen (secondary N) is 2. The number of carbonyl (C=O) groups excluding carboxylic acids is 1. The molecule has 2 N–H and O–H groups in total. The van der Waals surface area contributed by atoms with Crippen LogP contribution in [0.5, 0.6) is 0 Å². The zero-order chi connectivity index (χ0) is 17.9. The average molecular weight is 393 g/mol. The Labute approximate surface area is 157 Å². The van der Waals surface area contributed by atoms with Crippen LogP contribution in [0.4, 0.5) is 13.2 Å². The minimum absolute atomic E-state index is 0. The van der Waals surface area contributed by atoms with E-state index in [1.807, 2.05) is 0 Å². The summed E-state index contributed by atoms with van der Waals surface area (Å²) in [5, 5.41) is 6.30. The monoisotopic (exact) mass is 392 g/mol. The van der Waals surface area contributed by atoms with E-state index in [1.165, 1.54) is 0 Å². The largest absolute Gasteiger partial charge is 0.411 e. The van der Waals surface area contributed by atoms with Crippen molar-refractivity contribution in [3.8, 4) is 0 Å². The Hall–Kier alpha value is -1.31. The number of hydrogen-bond donors (Lipinski definition) is 2. The summed E-state index contributed by atoms with van der Waals surface area (Å²) in [5.74, 6) is 0.240. The molecule has 1 atom stereocenters. The van der Waals surface area contributed by atoms with Crippen LogP contribution in [0.15, 0.2) is 24.3 Å². The highest BCUT2D eigenvalue weighted by Crippen LogP contribution is 2.58. The van der Waals surface area contributed by atoms with E-state index in [1.54, 1.807) is 24.3 Å². The quantitative estimate of drug-likeness (QED) is 0.781. The van der Waals surface area contributed by atoms with Gasteiger partial charge in [-0.05, 0) is 48.9 Å². The van der Waals surface area contributed by atoms with Gasteiger partial charge in [0.25, 0.3) is 0 Å². The number of carbonyl (C=O) groups is 1. The number of amides is 1. The third kappa shape index (κ3) is 5.59. The molecule has 0 bridgehead atoms. The molecule has 1 amide bonds. The van der Waals surface area contributed by atoms with Crippen molar-refractivity contribution in [1.29, 1.82) is 0 Å². The first kappa shape index (κ1) is 21.0. The molecule has 1 aromatic carbocycles. The van der Waals surface area contributed by atoms with Crippen molar-refractivity contribution in [3.63, 3.8) is 0 Å². The highest BCUT2D eigenvalue weighted by atomic mass is 35.5. The van der Waals surface area contributed by atoms with Gasteiger partial charge >= 0.3 is 6.18 Å². The third-order valence-electron chi connectivity index (χ3n) is 5.13. The van der Waals surface area contributed by atoms with Crippen molar-refractivity contribution in [2.75, 3.05) is 19.7 Å². The van der Waals surface area contributed by atoms with Gasteiger partial charge in [0.2, 0.25) is 5.91 Å². The smallest absolute Gasteiger partial charge is 0.367 e. The summed E-state index contributed by atoms with van der Waals surface area (Å²) in [6.07, 6.45) is -1.19. The first-order chi connectivity index (χ1) is 11.9. The highest BCUT2D eigenvalue weighted by molar-refractivity contribution is 5.85. The van der Waals surface area contributed by atoms with Gasteiger partial charge in [0.1, 0.15) is 6.61 Å². The van der Waals surface area contributed by atoms with Crippen LogP contribution in [0.2, 0.25) is 0 Å². The predicted molar refractivity (Wildman–Crippen MR) is 93.9 cm³/mol. The molecule has 1 aliphatic heterocycles. The van der Waals surface area contributed by atoms with Crippen LogP contribution in [0.1, 0.15) is 30.4 Å². The molecule has 26 heavy (non-hydrogen) atoms. The normalized spacial score (nSPS) is 21.1. The average Bonchev–Trinajstić information content (AvgIpc) is 3.26. The van der Waals surface area contributed by atoms with E-state index in [2.05, 4.69) is 15.4 Å². The van der Waals surface area contributed by atoms with Gasteiger partial charge in [-0.3, -0.25) is 4.79 Å². The van der Waals surface area contributed by atoms with Crippen LogP contribution in [0, 0.1) is 11.3 Å². The lowest BCUT2D eigenvalue weighted by Crippen LogP contribution is -2.33. The summed E-state index contributed by atoms with van der Waals surface area (Å²) in [6, 6.07) is 7.06. The molecule has 2 fully saturated rings. The molecule has 1 aromatic rings. The zero-order valence-corrected chi connectivity index (χ0v) is 15.2. The summed E-state index contributed by atoms with van der Waals surface area (Å²) < 4.78 is 40.7. The minimum atomic E-state index is -4.31. The molecule has 0 aromatic heterocycles. The number of hydrogen-bond acceptors (Lipinski definition) is 3. The van der Waals surface area contributed by atoms with Gasteiger partial charge in [-0.25, -0.2) is 0 Å². The predicted octanol–water partition coefficient (Wildman–Crippen LogP) is 3.19. The first-order valence-corrected chi connectivity index (χ1v) is 8.59. The van der Waals surface area contributed by atoms with Gasteiger partial charge in [0.15, 0.2) is 0 Å². The Morgan fingerprint density at radius 3 is 2.42 bits per heavy atom. The lowest BCUT2D eigenvalue weighted by Gasteiger charge is -2.23. The van der Waals surface area contributed by atoms with Gasteiger partial charge in [0, 0.05) is 12.5 Å². The molecule has 1 saturated carbocycles. The molecule has 1 saturated heterocycles. The molecule has 2 aliphatic rings. The van der Waals surface area contributed by atoms with Gasteiger partial charge in [-0.2, -0.15) is 13.2 Å². The Morgan fingerprint density at radius 2 is 1.81 bits per heavy atom. The Bertz CT molecular complexity index is 601. The third-order valence-corrected chi connectivity index (χ3v) is 5.13. The van der Waals surface area contributed by atoms with Crippen LogP contribution >= 0.6 is 12.4 Å². The van der Waals surface area contributed by atoms with E-state index in [0.717, 1.165) is 37.9 Å². The molecular formula is C18H24ClF3N2O2. The number of alkyl halides is 3.